The second kappa shape index (κ2) is 15.3. The predicted octanol–water partition coefficient (Wildman–Crippen LogP) is -3.32. The van der Waals surface area contributed by atoms with E-state index in [9.17, 15) is 33.9 Å². The van der Waals surface area contributed by atoms with Crippen LogP contribution in [0, 0.1) is 0 Å². The van der Waals surface area contributed by atoms with Crippen LogP contribution in [0.25, 0.3) is 0 Å². The average Bonchev–Trinajstić information content (AvgIpc) is 2.71. The molecule has 13 nitrogen and oxygen atoms in total. The lowest BCUT2D eigenvalue weighted by Gasteiger charge is -2.24. The fraction of sp³-hybridized carbons (Fsp3) is 0.647. The molecule has 4 atom stereocenters. The molecule has 0 aliphatic heterocycles. The van der Waals surface area contributed by atoms with Crippen molar-refractivity contribution in [3.8, 4) is 0 Å². The molecule has 32 heavy (non-hydrogen) atoms. The number of amides is 5. The number of primary amides is 2. The fourth-order valence-electron chi connectivity index (χ4n) is 2.37. The van der Waals surface area contributed by atoms with Crippen LogP contribution < -0.4 is 33.2 Å². The summed E-state index contributed by atoms with van der Waals surface area (Å²) in [5, 5.41) is 16.1. The van der Waals surface area contributed by atoms with Gasteiger partial charge in [-0.2, -0.15) is 24.4 Å². The zero-order valence-corrected chi connectivity index (χ0v) is 19.2. The second-order valence-corrected chi connectivity index (χ2v) is 8.12. The molecule has 0 aromatic rings. The van der Waals surface area contributed by atoms with E-state index in [-0.39, 0.29) is 25.0 Å². The maximum atomic E-state index is 12.7. The van der Waals surface area contributed by atoms with Crippen LogP contribution in [-0.2, 0) is 28.8 Å². The Balaban J connectivity index is 5.44. The van der Waals surface area contributed by atoms with Crippen molar-refractivity contribution in [1.82, 2.24) is 16.0 Å². The predicted molar refractivity (Wildman–Crippen MR) is 120 cm³/mol. The third kappa shape index (κ3) is 11.8. The van der Waals surface area contributed by atoms with Crippen molar-refractivity contribution in [2.45, 2.75) is 49.9 Å². The van der Waals surface area contributed by atoms with Gasteiger partial charge in [0.25, 0.3) is 0 Å². The number of aliphatic carboxylic acids is 1. The first-order valence-electron chi connectivity index (χ1n) is 9.48. The van der Waals surface area contributed by atoms with Crippen LogP contribution in [0.2, 0.25) is 0 Å². The maximum absolute atomic E-state index is 12.7. The standard InChI is InChI=1S/C17H30N6O7S2/c1-32-5-4-9(21-14(26)8(18)7-31)15(27)23-11(6-13(20)25)16(28)22-10(17(29)30)2-3-12(19)24/h8-11,31H,2-7,18H2,1H3,(H2,19,24)(H2,20,25)(H,21,26)(H,22,28)(H,23,27)(H,29,30). The van der Waals surface area contributed by atoms with Crippen LogP contribution in [-0.4, -0.2) is 82.5 Å². The van der Waals surface area contributed by atoms with Crippen LogP contribution in [0.3, 0.4) is 0 Å². The third-order valence-electron chi connectivity index (χ3n) is 4.11. The lowest BCUT2D eigenvalue weighted by molar-refractivity contribution is -0.142. The molecule has 0 aliphatic rings. The highest BCUT2D eigenvalue weighted by molar-refractivity contribution is 7.98. The van der Waals surface area contributed by atoms with Gasteiger partial charge in [-0.15, -0.1) is 0 Å². The lowest BCUT2D eigenvalue weighted by Crippen LogP contribution is -2.58. The number of carboxylic acids is 1. The lowest BCUT2D eigenvalue weighted by atomic mass is 10.1. The highest BCUT2D eigenvalue weighted by Gasteiger charge is 2.31. The van der Waals surface area contributed by atoms with E-state index in [0.29, 0.717) is 5.75 Å². The van der Waals surface area contributed by atoms with Gasteiger partial charge >= 0.3 is 5.97 Å². The first-order chi connectivity index (χ1) is 14.9. The van der Waals surface area contributed by atoms with Gasteiger partial charge in [-0.1, -0.05) is 0 Å². The summed E-state index contributed by atoms with van der Waals surface area (Å²) < 4.78 is 0. The first kappa shape index (κ1) is 29.5. The van der Waals surface area contributed by atoms with E-state index >= 15 is 0 Å². The van der Waals surface area contributed by atoms with Gasteiger partial charge in [-0.3, -0.25) is 24.0 Å². The summed E-state index contributed by atoms with van der Waals surface area (Å²) in [6.07, 6.45) is 0.760. The molecule has 0 aromatic heterocycles. The zero-order valence-electron chi connectivity index (χ0n) is 17.5. The van der Waals surface area contributed by atoms with Crippen molar-refractivity contribution in [2.75, 3.05) is 17.8 Å². The second-order valence-electron chi connectivity index (χ2n) is 6.77. The molecule has 0 rings (SSSR count). The van der Waals surface area contributed by atoms with E-state index in [2.05, 4.69) is 28.6 Å². The number of hydrogen-bond acceptors (Lipinski definition) is 9. The molecule has 10 N–H and O–H groups in total. The fourth-order valence-corrected chi connectivity index (χ4v) is 3.00. The topological polar surface area (TPSA) is 237 Å². The van der Waals surface area contributed by atoms with Crippen molar-refractivity contribution in [3.63, 3.8) is 0 Å². The molecule has 182 valence electrons. The molecule has 0 spiro atoms. The highest BCUT2D eigenvalue weighted by Crippen LogP contribution is 2.05. The Hall–Kier alpha value is -2.52. The summed E-state index contributed by atoms with van der Waals surface area (Å²) in [6, 6.07) is -5.03. The van der Waals surface area contributed by atoms with Crippen molar-refractivity contribution in [2.24, 2.45) is 17.2 Å². The molecule has 0 fully saturated rings. The molecule has 4 unspecified atom stereocenters. The Bertz CT molecular complexity index is 709. The number of carbonyl (C=O) groups excluding carboxylic acids is 5. The molecule has 5 amide bonds. The van der Waals surface area contributed by atoms with Crippen LogP contribution >= 0.6 is 24.4 Å². The summed E-state index contributed by atoms with van der Waals surface area (Å²) in [7, 11) is 0. The quantitative estimate of drug-likeness (QED) is 0.1000. The Labute approximate surface area is 194 Å². The number of thiol groups is 1. The molecule has 0 saturated heterocycles. The van der Waals surface area contributed by atoms with Crippen molar-refractivity contribution in [1.29, 1.82) is 0 Å². The largest absolute Gasteiger partial charge is 0.480 e. The average molecular weight is 495 g/mol. The molecule has 0 heterocycles. The minimum Gasteiger partial charge on any atom is -0.480 e. The van der Waals surface area contributed by atoms with Gasteiger partial charge in [0.2, 0.25) is 29.5 Å². The van der Waals surface area contributed by atoms with Gasteiger partial charge in [-0.25, -0.2) is 4.79 Å². The Morgan fingerprint density at radius 3 is 1.88 bits per heavy atom. The minimum absolute atomic E-state index is 0.0390. The van der Waals surface area contributed by atoms with Gasteiger partial charge in [0.15, 0.2) is 0 Å². The van der Waals surface area contributed by atoms with Gasteiger partial charge in [0.1, 0.15) is 18.1 Å². The SMILES string of the molecule is CSCCC(NC(=O)C(N)CS)C(=O)NC(CC(N)=O)C(=O)NC(CCC(N)=O)C(=O)O. The van der Waals surface area contributed by atoms with Crippen molar-refractivity contribution >= 4 is 59.9 Å². The van der Waals surface area contributed by atoms with E-state index in [1.807, 2.05) is 0 Å². The van der Waals surface area contributed by atoms with E-state index in [1.54, 1.807) is 6.26 Å². The third-order valence-corrected chi connectivity index (χ3v) is 5.15. The summed E-state index contributed by atoms with van der Waals surface area (Å²) in [5.74, 6) is -5.04. The highest BCUT2D eigenvalue weighted by atomic mass is 32.2. The van der Waals surface area contributed by atoms with Crippen LogP contribution in [0.4, 0.5) is 0 Å². The molecular weight excluding hydrogens is 464 g/mol. The van der Waals surface area contributed by atoms with Crippen LogP contribution in [0.15, 0.2) is 0 Å². The first-order valence-corrected chi connectivity index (χ1v) is 11.5. The number of hydrogen-bond donors (Lipinski definition) is 8. The van der Waals surface area contributed by atoms with E-state index in [1.165, 1.54) is 11.8 Å². The maximum Gasteiger partial charge on any atom is 0.326 e. The summed E-state index contributed by atoms with van der Waals surface area (Å²) in [5.41, 5.74) is 15.7. The number of carbonyl (C=O) groups is 6. The van der Waals surface area contributed by atoms with Gasteiger partial charge in [-0.05, 0) is 24.9 Å². The van der Waals surface area contributed by atoms with Gasteiger partial charge < -0.3 is 38.3 Å². The molecule has 0 aliphatic carbocycles. The molecule has 0 saturated carbocycles. The summed E-state index contributed by atoms with van der Waals surface area (Å²) >= 11 is 5.34. The van der Waals surface area contributed by atoms with E-state index in [0.717, 1.165) is 0 Å². The van der Waals surface area contributed by atoms with Gasteiger partial charge in [0.05, 0.1) is 12.5 Å². The number of nitrogens with one attached hydrogen (secondary N) is 3. The Kier molecular flexibility index (Phi) is 14.1. The number of rotatable bonds is 16. The number of thioether (sulfide) groups is 1. The number of carboxylic acid groups (broad SMARTS) is 1. The Morgan fingerprint density at radius 1 is 0.875 bits per heavy atom. The summed E-state index contributed by atoms with van der Waals surface area (Å²) in [6.45, 7) is 0. The molecular formula is C17H30N6O7S2. The van der Waals surface area contributed by atoms with Crippen LogP contribution in [0.1, 0.15) is 25.7 Å². The monoisotopic (exact) mass is 494 g/mol. The molecule has 0 bridgehead atoms. The molecule has 0 aromatic carbocycles. The van der Waals surface area contributed by atoms with Crippen molar-refractivity contribution in [3.05, 3.63) is 0 Å². The summed E-state index contributed by atoms with van der Waals surface area (Å²) in [4.78, 5) is 71.0. The number of nitrogens with two attached hydrogens (primary N) is 3. The van der Waals surface area contributed by atoms with Gasteiger partial charge in [0, 0.05) is 12.2 Å². The molecule has 0 radical (unpaired) electrons. The van der Waals surface area contributed by atoms with Crippen LogP contribution in [0.5, 0.6) is 0 Å². The van der Waals surface area contributed by atoms with E-state index < -0.39 is 66.1 Å². The van der Waals surface area contributed by atoms with Crippen molar-refractivity contribution < 1.29 is 33.9 Å². The zero-order chi connectivity index (χ0) is 24.8. The Morgan fingerprint density at radius 2 is 1.41 bits per heavy atom. The minimum atomic E-state index is -1.51. The normalized spacial score (nSPS) is 14.3. The van der Waals surface area contributed by atoms with E-state index in [4.69, 9.17) is 17.2 Å². The molecule has 15 heteroatoms. The smallest absolute Gasteiger partial charge is 0.326 e.